The van der Waals surface area contributed by atoms with Gasteiger partial charge >= 0.3 is 0 Å². The lowest BCUT2D eigenvalue weighted by Crippen LogP contribution is -2.48. The van der Waals surface area contributed by atoms with Crippen molar-refractivity contribution in [3.05, 3.63) is 29.6 Å². The molecule has 2 atom stereocenters. The van der Waals surface area contributed by atoms with Gasteiger partial charge in [-0.1, -0.05) is 19.9 Å². The fraction of sp³-hybridized carbons (Fsp3) is 0.667. The Kier molecular flexibility index (Phi) is 6.30. The fourth-order valence-electron chi connectivity index (χ4n) is 3.13. The number of nitrogens with zero attached hydrogens (tertiary/aromatic N) is 2. The predicted molar refractivity (Wildman–Crippen MR) is 94.1 cm³/mol. The van der Waals surface area contributed by atoms with Crippen LogP contribution in [-0.4, -0.2) is 33.6 Å². The number of carbonyl (C=O) groups is 1. The van der Waals surface area contributed by atoms with Crippen LogP contribution in [0, 0.1) is 0 Å². The maximum Gasteiger partial charge on any atom is 0.233 e. The number of thioether (sulfide) groups is 1. The zero-order valence-corrected chi connectivity index (χ0v) is 15.0. The highest BCUT2D eigenvalue weighted by Gasteiger charge is 2.28. The third-order valence-electron chi connectivity index (χ3n) is 4.38. The highest BCUT2D eigenvalue weighted by Crippen LogP contribution is 2.24. The molecule has 0 radical (unpaired) electrons. The van der Waals surface area contributed by atoms with Gasteiger partial charge in [0.15, 0.2) is 0 Å². The summed E-state index contributed by atoms with van der Waals surface area (Å²) in [6.45, 7) is 8.65. The van der Waals surface area contributed by atoms with Crippen molar-refractivity contribution in [1.29, 1.82) is 0 Å². The molecule has 4 heteroatoms. The van der Waals surface area contributed by atoms with Crippen molar-refractivity contribution in [3.63, 3.8) is 0 Å². The molecule has 1 aliphatic rings. The maximum absolute atomic E-state index is 12.5. The van der Waals surface area contributed by atoms with Crippen LogP contribution >= 0.6 is 11.8 Å². The topological polar surface area (TPSA) is 33.2 Å². The molecular weight excluding hydrogens is 292 g/mol. The molecule has 122 valence electrons. The van der Waals surface area contributed by atoms with Crippen LogP contribution in [0.25, 0.3) is 0 Å². The first kappa shape index (κ1) is 17.3. The Hall–Kier alpha value is -1.03. The van der Waals surface area contributed by atoms with Crippen LogP contribution in [-0.2, 0) is 10.5 Å². The van der Waals surface area contributed by atoms with Gasteiger partial charge in [0.25, 0.3) is 0 Å². The molecule has 1 aromatic heterocycles. The second-order valence-corrected chi connectivity index (χ2v) is 7.62. The molecule has 3 nitrogen and oxygen atoms in total. The summed E-state index contributed by atoms with van der Waals surface area (Å²) in [7, 11) is 0. The molecule has 1 aliphatic heterocycles. The Morgan fingerprint density at radius 1 is 1.32 bits per heavy atom. The standard InChI is InChI=1S/C18H28N2OS/c1-13(2)17-10-6-9-16(19-17)11-22-12-18(21)20-14(3)7-5-8-15(20)4/h6,9-10,13-15H,5,7-8,11-12H2,1-4H3/t14-,15-/m1/s1. The average Bonchev–Trinajstić information content (AvgIpc) is 2.47. The molecule has 2 heterocycles. The van der Waals surface area contributed by atoms with E-state index < -0.39 is 0 Å². The second-order valence-electron chi connectivity index (χ2n) is 6.63. The lowest BCUT2D eigenvalue weighted by Gasteiger charge is -2.39. The quantitative estimate of drug-likeness (QED) is 0.814. The van der Waals surface area contributed by atoms with E-state index in [2.05, 4.69) is 55.8 Å². The molecular formula is C18H28N2OS. The summed E-state index contributed by atoms with van der Waals surface area (Å²) < 4.78 is 0. The molecule has 22 heavy (non-hydrogen) atoms. The van der Waals surface area contributed by atoms with Crippen LogP contribution in [0.5, 0.6) is 0 Å². The summed E-state index contributed by atoms with van der Waals surface area (Å²) in [5, 5.41) is 0. The van der Waals surface area contributed by atoms with Crippen LogP contribution in [0.4, 0.5) is 0 Å². The molecule has 1 amide bonds. The normalized spacial score (nSPS) is 22.1. The first-order valence-electron chi connectivity index (χ1n) is 8.33. The van der Waals surface area contributed by atoms with Gasteiger partial charge in [-0.15, -0.1) is 11.8 Å². The average molecular weight is 321 g/mol. The summed E-state index contributed by atoms with van der Waals surface area (Å²) in [4.78, 5) is 19.2. The summed E-state index contributed by atoms with van der Waals surface area (Å²) in [6.07, 6.45) is 3.52. The monoisotopic (exact) mass is 320 g/mol. The number of hydrogen-bond donors (Lipinski definition) is 0. The first-order valence-corrected chi connectivity index (χ1v) is 9.49. The zero-order chi connectivity index (χ0) is 16.1. The Balaban J connectivity index is 1.85. The minimum atomic E-state index is 0.282. The lowest BCUT2D eigenvalue weighted by atomic mass is 9.98. The van der Waals surface area contributed by atoms with Gasteiger partial charge < -0.3 is 4.90 Å². The molecule has 1 aromatic rings. The van der Waals surface area contributed by atoms with Crippen molar-refractivity contribution in [3.8, 4) is 0 Å². The molecule has 2 rings (SSSR count). The van der Waals surface area contributed by atoms with Crippen molar-refractivity contribution in [2.75, 3.05) is 5.75 Å². The number of likely N-dealkylation sites (tertiary alicyclic amines) is 1. The molecule has 1 saturated heterocycles. The third kappa shape index (κ3) is 4.48. The van der Waals surface area contributed by atoms with Gasteiger partial charge in [-0.25, -0.2) is 0 Å². The van der Waals surface area contributed by atoms with E-state index in [-0.39, 0.29) is 5.91 Å². The van der Waals surface area contributed by atoms with Crippen molar-refractivity contribution in [2.45, 2.75) is 70.7 Å². The van der Waals surface area contributed by atoms with E-state index in [0.717, 1.165) is 30.0 Å². The van der Waals surface area contributed by atoms with Crippen LogP contribution in [0.15, 0.2) is 18.2 Å². The van der Waals surface area contributed by atoms with Crippen LogP contribution < -0.4 is 0 Å². The summed E-state index contributed by atoms with van der Waals surface area (Å²) in [5.74, 6) is 2.09. The number of pyridine rings is 1. The third-order valence-corrected chi connectivity index (χ3v) is 5.33. The predicted octanol–water partition coefficient (Wildman–Crippen LogP) is 4.23. The summed E-state index contributed by atoms with van der Waals surface area (Å²) in [5.41, 5.74) is 2.20. The molecule has 0 bridgehead atoms. The zero-order valence-electron chi connectivity index (χ0n) is 14.2. The summed E-state index contributed by atoms with van der Waals surface area (Å²) in [6, 6.07) is 6.96. The van der Waals surface area contributed by atoms with Crippen molar-refractivity contribution in [2.24, 2.45) is 0 Å². The number of carbonyl (C=O) groups excluding carboxylic acids is 1. The molecule has 0 saturated carbocycles. The Labute approximate surface area is 138 Å². The largest absolute Gasteiger partial charge is 0.337 e. The number of hydrogen-bond acceptors (Lipinski definition) is 3. The van der Waals surface area contributed by atoms with Crippen LogP contribution in [0.2, 0.25) is 0 Å². The molecule has 0 aromatic carbocycles. The van der Waals surface area contributed by atoms with E-state index >= 15 is 0 Å². The second kappa shape index (κ2) is 8.00. The van der Waals surface area contributed by atoms with Crippen molar-refractivity contribution >= 4 is 17.7 Å². The molecule has 0 N–H and O–H groups in total. The van der Waals surface area contributed by atoms with Crippen LogP contribution in [0.1, 0.15) is 64.3 Å². The highest BCUT2D eigenvalue weighted by atomic mass is 32.2. The summed E-state index contributed by atoms with van der Waals surface area (Å²) >= 11 is 1.68. The first-order chi connectivity index (χ1) is 10.5. The van der Waals surface area contributed by atoms with Crippen molar-refractivity contribution in [1.82, 2.24) is 9.88 Å². The van der Waals surface area contributed by atoms with E-state index in [4.69, 9.17) is 0 Å². The van der Waals surface area contributed by atoms with Gasteiger partial charge in [0.05, 0.1) is 11.4 Å². The number of aromatic nitrogens is 1. The molecule has 1 fully saturated rings. The van der Waals surface area contributed by atoms with Crippen LogP contribution in [0.3, 0.4) is 0 Å². The number of rotatable bonds is 5. The van der Waals surface area contributed by atoms with Gasteiger partial charge in [-0.3, -0.25) is 9.78 Å². The van der Waals surface area contributed by atoms with E-state index in [1.807, 2.05) is 0 Å². The number of amides is 1. The van der Waals surface area contributed by atoms with Gasteiger partial charge in [-0.05, 0) is 51.2 Å². The smallest absolute Gasteiger partial charge is 0.233 e. The fourth-order valence-corrected chi connectivity index (χ4v) is 3.93. The molecule has 0 aliphatic carbocycles. The van der Waals surface area contributed by atoms with E-state index in [1.54, 1.807) is 11.8 Å². The van der Waals surface area contributed by atoms with E-state index in [9.17, 15) is 4.79 Å². The van der Waals surface area contributed by atoms with Gasteiger partial charge in [0.1, 0.15) is 0 Å². The molecule has 0 unspecified atom stereocenters. The highest BCUT2D eigenvalue weighted by molar-refractivity contribution is 7.99. The minimum absolute atomic E-state index is 0.282. The Bertz CT molecular complexity index is 494. The van der Waals surface area contributed by atoms with E-state index in [0.29, 0.717) is 23.8 Å². The van der Waals surface area contributed by atoms with E-state index in [1.165, 1.54) is 6.42 Å². The maximum atomic E-state index is 12.5. The molecule has 0 spiro atoms. The van der Waals surface area contributed by atoms with Gasteiger partial charge in [0.2, 0.25) is 5.91 Å². The Morgan fingerprint density at radius 2 is 2.00 bits per heavy atom. The minimum Gasteiger partial charge on any atom is -0.337 e. The Morgan fingerprint density at radius 3 is 2.64 bits per heavy atom. The number of piperidine rings is 1. The SMILES string of the molecule is CC(C)c1cccc(CSCC(=O)N2[C@H](C)CCC[C@H]2C)n1. The lowest BCUT2D eigenvalue weighted by molar-refractivity contribution is -0.134. The van der Waals surface area contributed by atoms with Crippen molar-refractivity contribution < 1.29 is 4.79 Å². The van der Waals surface area contributed by atoms with Gasteiger partial charge in [0, 0.05) is 23.5 Å². The van der Waals surface area contributed by atoms with Gasteiger partial charge in [-0.2, -0.15) is 0 Å².